The molecule has 30 heavy (non-hydrogen) atoms. The summed E-state index contributed by atoms with van der Waals surface area (Å²) in [7, 11) is 0. The maximum atomic E-state index is 12.8. The van der Waals surface area contributed by atoms with E-state index in [1.807, 2.05) is 40.1 Å². The van der Waals surface area contributed by atoms with Crippen LogP contribution in [-0.4, -0.2) is 58.7 Å². The summed E-state index contributed by atoms with van der Waals surface area (Å²) in [5.41, 5.74) is 7.62. The molecule has 0 saturated carbocycles. The van der Waals surface area contributed by atoms with Crippen molar-refractivity contribution in [1.29, 1.82) is 0 Å². The molecule has 3 amide bonds. The van der Waals surface area contributed by atoms with E-state index in [9.17, 15) is 14.4 Å². The molecule has 2 aromatic rings. The lowest BCUT2D eigenvalue weighted by Gasteiger charge is -2.33. The highest BCUT2D eigenvalue weighted by Gasteiger charge is 2.29. The summed E-state index contributed by atoms with van der Waals surface area (Å²) in [4.78, 5) is 45.1. The fourth-order valence-electron chi connectivity index (χ4n) is 4.59. The monoisotopic (exact) mass is 408 g/mol. The Morgan fingerprint density at radius 2 is 2.00 bits per heavy atom. The lowest BCUT2D eigenvalue weighted by molar-refractivity contribution is -0.133. The number of piperidine rings is 1. The highest BCUT2D eigenvalue weighted by molar-refractivity contribution is 5.97. The molecule has 2 saturated heterocycles. The zero-order valence-corrected chi connectivity index (χ0v) is 17.2. The van der Waals surface area contributed by atoms with E-state index >= 15 is 0 Å². The van der Waals surface area contributed by atoms with Gasteiger partial charge in [-0.1, -0.05) is 18.2 Å². The molecule has 7 heteroatoms. The predicted octanol–water partition coefficient (Wildman–Crippen LogP) is 2.44. The first-order valence-electron chi connectivity index (χ1n) is 10.8. The third-order valence-corrected chi connectivity index (χ3v) is 6.17. The molecule has 1 unspecified atom stereocenters. The maximum Gasteiger partial charge on any atom is 0.250 e. The Morgan fingerprint density at radius 1 is 1.17 bits per heavy atom. The number of carbonyl (C=O) groups excluding carboxylic acids is 3. The number of hydrogen-bond acceptors (Lipinski definition) is 4. The van der Waals surface area contributed by atoms with Crippen LogP contribution in [0.4, 0.5) is 0 Å². The fraction of sp³-hybridized carbons (Fsp3) is 0.478. The van der Waals surface area contributed by atoms with Gasteiger partial charge in [-0.15, -0.1) is 0 Å². The second kappa shape index (κ2) is 8.81. The molecule has 3 heterocycles. The van der Waals surface area contributed by atoms with Gasteiger partial charge < -0.3 is 15.5 Å². The average molecular weight is 409 g/mol. The molecule has 2 N–H and O–H groups in total. The van der Waals surface area contributed by atoms with Gasteiger partial charge in [-0.2, -0.15) is 0 Å². The number of hydrogen-bond donors (Lipinski definition) is 1. The van der Waals surface area contributed by atoms with Crippen molar-refractivity contribution in [3.63, 3.8) is 0 Å². The van der Waals surface area contributed by atoms with Crippen LogP contribution in [0.2, 0.25) is 0 Å². The van der Waals surface area contributed by atoms with E-state index < -0.39 is 5.91 Å². The van der Waals surface area contributed by atoms with Crippen molar-refractivity contribution in [2.24, 2.45) is 5.73 Å². The van der Waals surface area contributed by atoms with Gasteiger partial charge in [0.25, 0.3) is 5.91 Å². The number of para-hydroxylation sites is 1. The Morgan fingerprint density at radius 3 is 2.77 bits per heavy atom. The first-order valence-corrected chi connectivity index (χ1v) is 10.8. The second-order valence-corrected chi connectivity index (χ2v) is 8.24. The number of rotatable bonds is 6. The smallest absolute Gasteiger partial charge is 0.250 e. The van der Waals surface area contributed by atoms with E-state index in [0.717, 1.165) is 43.3 Å². The minimum Gasteiger partial charge on any atom is -0.366 e. The van der Waals surface area contributed by atoms with Crippen LogP contribution < -0.4 is 5.73 Å². The number of carbonyl (C=O) groups is 3. The Hall–Kier alpha value is -2.96. The van der Waals surface area contributed by atoms with Crippen LogP contribution in [0.25, 0.3) is 10.9 Å². The fourth-order valence-corrected chi connectivity index (χ4v) is 4.59. The number of pyridine rings is 1. The van der Waals surface area contributed by atoms with Crippen molar-refractivity contribution in [2.75, 3.05) is 26.2 Å². The Bertz CT molecular complexity index is 974. The summed E-state index contributed by atoms with van der Waals surface area (Å²) in [5.74, 6) is -0.188. The van der Waals surface area contributed by atoms with Crippen LogP contribution in [0.5, 0.6) is 0 Å². The molecule has 0 bridgehead atoms. The summed E-state index contributed by atoms with van der Waals surface area (Å²) in [6.45, 7) is 2.73. The number of benzene rings is 1. The Kier molecular flexibility index (Phi) is 5.97. The van der Waals surface area contributed by atoms with Crippen molar-refractivity contribution in [3.8, 4) is 0 Å². The highest BCUT2D eigenvalue weighted by Crippen LogP contribution is 2.30. The van der Waals surface area contributed by atoms with E-state index in [4.69, 9.17) is 10.7 Å². The third kappa shape index (κ3) is 4.30. The lowest BCUT2D eigenvalue weighted by atomic mass is 9.90. The van der Waals surface area contributed by atoms with E-state index in [1.54, 1.807) is 0 Å². The topological polar surface area (TPSA) is 96.6 Å². The van der Waals surface area contributed by atoms with Gasteiger partial charge in [-0.3, -0.25) is 19.4 Å². The highest BCUT2D eigenvalue weighted by atomic mass is 16.2. The SMILES string of the molecule is NC(=O)c1cc2ccccc2nc1C1CCCN(C(=O)CCCN2CCCC2=O)C1. The second-order valence-electron chi connectivity index (χ2n) is 8.24. The summed E-state index contributed by atoms with van der Waals surface area (Å²) in [5, 5.41) is 0.884. The van der Waals surface area contributed by atoms with Crippen molar-refractivity contribution in [1.82, 2.24) is 14.8 Å². The van der Waals surface area contributed by atoms with Gasteiger partial charge in [0.15, 0.2) is 0 Å². The van der Waals surface area contributed by atoms with Crippen LogP contribution in [-0.2, 0) is 9.59 Å². The standard InChI is InChI=1S/C23H28N4O3/c24-23(30)18-14-16-6-1-2-8-19(16)25-22(18)17-7-3-13-27(15-17)21(29)10-5-12-26-11-4-9-20(26)28/h1-2,6,8,14,17H,3-5,7,9-13,15H2,(H2,24,30). The van der Waals surface area contributed by atoms with Crippen molar-refractivity contribution in [2.45, 2.75) is 44.4 Å². The number of primary amides is 1. The summed E-state index contributed by atoms with van der Waals surface area (Å²) < 4.78 is 0. The van der Waals surface area contributed by atoms with E-state index in [-0.39, 0.29) is 17.7 Å². The van der Waals surface area contributed by atoms with Gasteiger partial charge in [-0.25, -0.2) is 0 Å². The Balaban J connectivity index is 1.44. The van der Waals surface area contributed by atoms with Crippen molar-refractivity contribution < 1.29 is 14.4 Å². The average Bonchev–Trinajstić information content (AvgIpc) is 3.17. The zero-order chi connectivity index (χ0) is 21.1. The molecule has 0 aliphatic carbocycles. The molecule has 2 aliphatic heterocycles. The van der Waals surface area contributed by atoms with Gasteiger partial charge in [0, 0.05) is 50.3 Å². The van der Waals surface area contributed by atoms with Gasteiger partial charge in [0.2, 0.25) is 11.8 Å². The van der Waals surface area contributed by atoms with Gasteiger partial charge in [-0.05, 0) is 37.8 Å². The van der Waals surface area contributed by atoms with Crippen LogP contribution in [0.15, 0.2) is 30.3 Å². The van der Waals surface area contributed by atoms with Crippen LogP contribution in [0, 0.1) is 0 Å². The first-order chi connectivity index (χ1) is 14.5. The molecule has 158 valence electrons. The van der Waals surface area contributed by atoms with E-state index in [1.165, 1.54) is 0 Å². The number of nitrogens with zero attached hydrogens (tertiary/aromatic N) is 3. The zero-order valence-electron chi connectivity index (χ0n) is 17.2. The number of aromatic nitrogens is 1. The number of fused-ring (bicyclic) bond motifs is 1. The van der Waals surface area contributed by atoms with Crippen LogP contribution in [0.3, 0.4) is 0 Å². The van der Waals surface area contributed by atoms with Gasteiger partial charge in [0.1, 0.15) is 0 Å². The molecule has 0 radical (unpaired) electrons. The number of nitrogens with two attached hydrogens (primary N) is 1. The molecule has 7 nitrogen and oxygen atoms in total. The minimum atomic E-state index is -0.484. The molecular formula is C23H28N4O3. The molecular weight excluding hydrogens is 380 g/mol. The summed E-state index contributed by atoms with van der Waals surface area (Å²) >= 11 is 0. The lowest BCUT2D eigenvalue weighted by Crippen LogP contribution is -2.40. The normalized spacial score (nSPS) is 19.5. The van der Waals surface area contributed by atoms with Crippen molar-refractivity contribution in [3.05, 3.63) is 41.6 Å². The largest absolute Gasteiger partial charge is 0.366 e. The number of amides is 3. The quantitative estimate of drug-likeness (QED) is 0.794. The van der Waals surface area contributed by atoms with E-state index in [0.29, 0.717) is 43.6 Å². The first kappa shape index (κ1) is 20.3. The van der Waals surface area contributed by atoms with Gasteiger partial charge >= 0.3 is 0 Å². The molecule has 0 spiro atoms. The van der Waals surface area contributed by atoms with E-state index in [2.05, 4.69) is 0 Å². The van der Waals surface area contributed by atoms with Crippen LogP contribution in [0.1, 0.15) is 60.5 Å². The predicted molar refractivity (Wildman–Crippen MR) is 114 cm³/mol. The summed E-state index contributed by atoms with van der Waals surface area (Å²) in [6.07, 6.45) is 4.41. The number of likely N-dealkylation sites (tertiary alicyclic amines) is 2. The summed E-state index contributed by atoms with van der Waals surface area (Å²) in [6, 6.07) is 9.49. The molecule has 2 aliphatic rings. The third-order valence-electron chi connectivity index (χ3n) is 6.17. The molecule has 1 aromatic carbocycles. The molecule has 2 fully saturated rings. The maximum absolute atomic E-state index is 12.8. The van der Waals surface area contributed by atoms with Crippen LogP contribution >= 0.6 is 0 Å². The molecule has 1 atom stereocenters. The minimum absolute atomic E-state index is 0.00466. The molecule has 4 rings (SSSR count). The van der Waals surface area contributed by atoms with Gasteiger partial charge in [0.05, 0.1) is 16.8 Å². The van der Waals surface area contributed by atoms with Crippen molar-refractivity contribution >= 4 is 28.6 Å². The Labute approximate surface area is 176 Å². The molecule has 1 aromatic heterocycles.